The summed E-state index contributed by atoms with van der Waals surface area (Å²) in [5.41, 5.74) is 0. The standard InChI is InChI=1S/B2H5O3P/c3-1-5-2(4)6/h1,3-4H,6H2. The smallest absolute Gasteiger partial charge is 0.451 e. The molecule has 6 heteroatoms. The van der Waals surface area contributed by atoms with Gasteiger partial charge in [0.2, 0.25) is 0 Å². The molecule has 0 aliphatic rings. The van der Waals surface area contributed by atoms with Crippen LogP contribution in [0.3, 0.4) is 0 Å². The fourth-order valence-electron chi connectivity index (χ4n) is 0.0764. The highest BCUT2D eigenvalue weighted by Crippen LogP contribution is 1.85. The predicted octanol–water partition coefficient (Wildman–Crippen LogP) is -1.89. The van der Waals surface area contributed by atoms with Crippen LogP contribution in [0.1, 0.15) is 0 Å². The van der Waals surface area contributed by atoms with Crippen LogP contribution in [0.4, 0.5) is 0 Å². The van der Waals surface area contributed by atoms with E-state index in [1.54, 1.807) is 0 Å². The molecule has 0 aliphatic heterocycles. The number of hydrogen-bond acceptors (Lipinski definition) is 3. The van der Waals surface area contributed by atoms with Crippen LogP contribution in [-0.4, -0.2) is 24.6 Å². The minimum absolute atomic E-state index is 0.440. The summed E-state index contributed by atoms with van der Waals surface area (Å²) in [7, 11) is 1.51. The Bertz CT molecular complexity index is 30.0. The molecule has 0 saturated heterocycles. The van der Waals surface area contributed by atoms with Gasteiger partial charge in [-0.25, -0.2) is 0 Å². The second kappa shape index (κ2) is 3.62. The molecule has 0 heterocycles. The van der Waals surface area contributed by atoms with Crippen molar-refractivity contribution in [3.05, 3.63) is 0 Å². The second-order valence-corrected chi connectivity index (χ2v) is 1.26. The molecule has 0 fully saturated rings. The SMILES string of the molecule is OBOB(O)P. The zero-order valence-electron chi connectivity index (χ0n) is 3.16. The second-order valence-electron chi connectivity index (χ2n) is 0.686. The van der Waals surface area contributed by atoms with E-state index in [2.05, 4.69) is 4.57 Å². The van der Waals surface area contributed by atoms with Gasteiger partial charge in [0.1, 0.15) is 0 Å². The molecule has 0 spiro atoms. The maximum absolute atomic E-state index is 8.13. The summed E-state index contributed by atoms with van der Waals surface area (Å²) < 4.78 is 4.12. The molecule has 0 rings (SSSR count). The first-order chi connectivity index (χ1) is 2.77. The van der Waals surface area contributed by atoms with E-state index in [4.69, 9.17) is 10.0 Å². The Kier molecular flexibility index (Phi) is 3.89. The molecule has 2 N–H and O–H groups in total. The molecule has 1 atom stereocenters. The molecule has 0 aromatic rings. The molecule has 0 bridgehead atoms. The summed E-state index contributed by atoms with van der Waals surface area (Å²) in [5.74, 6) is 0. The van der Waals surface area contributed by atoms with Gasteiger partial charge >= 0.3 is 14.5 Å². The van der Waals surface area contributed by atoms with Crippen molar-refractivity contribution in [1.29, 1.82) is 0 Å². The molecular weight excluding hydrogens is 101 g/mol. The zero-order valence-corrected chi connectivity index (χ0v) is 4.32. The minimum atomic E-state index is -0.935. The Hall–Kier alpha value is 0.440. The Morgan fingerprint density at radius 3 is 2.33 bits per heavy atom. The number of hydrogen-bond donors (Lipinski definition) is 2. The van der Waals surface area contributed by atoms with Crippen molar-refractivity contribution in [2.45, 2.75) is 0 Å². The van der Waals surface area contributed by atoms with Gasteiger partial charge in [0.25, 0.3) is 0 Å². The highest BCUT2D eigenvalue weighted by Gasteiger charge is 1.99. The van der Waals surface area contributed by atoms with E-state index < -0.39 is 14.5 Å². The zero-order chi connectivity index (χ0) is 4.99. The number of rotatable bonds is 2. The van der Waals surface area contributed by atoms with Crippen molar-refractivity contribution in [3.63, 3.8) is 0 Å². The summed E-state index contributed by atoms with van der Waals surface area (Å²) in [6.07, 6.45) is 0. The van der Waals surface area contributed by atoms with Crippen LogP contribution in [0.25, 0.3) is 0 Å². The molecule has 3 nitrogen and oxygen atoms in total. The molecule has 0 saturated carbocycles. The van der Waals surface area contributed by atoms with Gasteiger partial charge in [-0.05, 0) is 0 Å². The van der Waals surface area contributed by atoms with Gasteiger partial charge in [-0.2, -0.15) is 0 Å². The van der Waals surface area contributed by atoms with E-state index in [9.17, 15) is 0 Å². The molecule has 0 amide bonds. The summed E-state index contributed by atoms with van der Waals surface area (Å²) in [6, 6.07) is 0. The quantitative estimate of drug-likeness (QED) is 0.319. The lowest BCUT2D eigenvalue weighted by Crippen LogP contribution is -2.11. The Morgan fingerprint density at radius 1 is 1.83 bits per heavy atom. The van der Waals surface area contributed by atoms with Crippen molar-refractivity contribution >= 4 is 23.6 Å². The van der Waals surface area contributed by atoms with Crippen molar-refractivity contribution < 1.29 is 14.6 Å². The highest BCUT2D eigenvalue weighted by atomic mass is 31.0. The third kappa shape index (κ3) is 4.44. The van der Waals surface area contributed by atoms with Crippen LogP contribution in [0.2, 0.25) is 0 Å². The Labute approximate surface area is 39.3 Å². The van der Waals surface area contributed by atoms with Crippen molar-refractivity contribution in [2.75, 3.05) is 0 Å². The fourth-order valence-corrected chi connectivity index (χ4v) is 0.162. The van der Waals surface area contributed by atoms with E-state index in [-0.39, 0.29) is 0 Å². The van der Waals surface area contributed by atoms with Crippen molar-refractivity contribution in [2.24, 2.45) is 0 Å². The molecule has 0 aliphatic carbocycles. The Morgan fingerprint density at radius 2 is 2.33 bits per heavy atom. The maximum atomic E-state index is 8.13. The molecule has 0 aromatic heterocycles. The molecular formula is H5B2O3P. The highest BCUT2D eigenvalue weighted by molar-refractivity contribution is 7.58. The van der Waals surface area contributed by atoms with Crippen LogP contribution in [-0.2, 0) is 4.57 Å². The molecule has 0 radical (unpaired) electrons. The van der Waals surface area contributed by atoms with Crippen molar-refractivity contribution in [1.82, 2.24) is 0 Å². The third-order valence-corrected chi connectivity index (χ3v) is 0.438. The molecule has 0 aromatic carbocycles. The van der Waals surface area contributed by atoms with E-state index in [1.807, 2.05) is 9.12 Å². The van der Waals surface area contributed by atoms with Crippen LogP contribution in [0.15, 0.2) is 0 Å². The first kappa shape index (κ1) is 6.44. The van der Waals surface area contributed by atoms with Gasteiger partial charge in [0, 0.05) is 0 Å². The average Bonchev–Trinajstić information content (AvgIpc) is 1.35. The first-order valence-corrected chi connectivity index (χ1v) is 2.10. The van der Waals surface area contributed by atoms with Gasteiger partial charge in [0.15, 0.2) is 0 Å². The van der Waals surface area contributed by atoms with E-state index in [1.165, 1.54) is 0 Å². The van der Waals surface area contributed by atoms with Crippen LogP contribution < -0.4 is 0 Å². The summed E-state index contributed by atoms with van der Waals surface area (Å²) >= 11 is 0. The summed E-state index contributed by atoms with van der Waals surface area (Å²) in [4.78, 5) is 0. The van der Waals surface area contributed by atoms with E-state index >= 15 is 0 Å². The lowest BCUT2D eigenvalue weighted by atomic mass is 10.3. The van der Waals surface area contributed by atoms with Crippen LogP contribution in [0, 0.1) is 0 Å². The predicted molar refractivity (Wildman–Crippen MR) is 28.1 cm³/mol. The van der Waals surface area contributed by atoms with E-state index in [0.29, 0.717) is 0 Å². The summed E-state index contributed by atoms with van der Waals surface area (Å²) in [6.45, 7) is -0.935. The van der Waals surface area contributed by atoms with Gasteiger partial charge in [-0.1, -0.05) is 0 Å². The topological polar surface area (TPSA) is 49.7 Å². The van der Waals surface area contributed by atoms with Gasteiger partial charge in [-0.15, -0.1) is 9.12 Å². The molecule has 6 heavy (non-hydrogen) atoms. The first-order valence-electron chi connectivity index (χ1n) is 1.43. The van der Waals surface area contributed by atoms with Gasteiger partial charge in [0.05, 0.1) is 0 Å². The van der Waals surface area contributed by atoms with Gasteiger partial charge in [-0.3, -0.25) is 0 Å². The lowest BCUT2D eigenvalue weighted by molar-refractivity contribution is 0.401. The van der Waals surface area contributed by atoms with Gasteiger partial charge < -0.3 is 14.6 Å². The van der Waals surface area contributed by atoms with Crippen LogP contribution in [0.5, 0.6) is 0 Å². The minimum Gasteiger partial charge on any atom is -0.451 e. The largest absolute Gasteiger partial charge is 0.462 e. The molecule has 34 valence electrons. The molecule has 1 unspecified atom stereocenters. The maximum Gasteiger partial charge on any atom is 0.462 e. The van der Waals surface area contributed by atoms with Crippen LogP contribution >= 0.6 is 9.12 Å². The Balaban J connectivity index is 2.63. The monoisotopic (exact) mass is 106 g/mol. The normalized spacial score (nSPS) is 7.83. The third-order valence-electron chi connectivity index (χ3n) is 0.245. The summed E-state index contributed by atoms with van der Waals surface area (Å²) in [5, 5.41) is 16.0. The van der Waals surface area contributed by atoms with E-state index in [0.717, 1.165) is 0 Å². The fraction of sp³-hybridized carbons (Fsp3) is 0. The average molecular weight is 106 g/mol. The van der Waals surface area contributed by atoms with Crippen molar-refractivity contribution in [3.8, 4) is 0 Å². The lowest BCUT2D eigenvalue weighted by Gasteiger charge is -1.92.